The molecule has 0 bridgehead atoms. The summed E-state index contributed by atoms with van der Waals surface area (Å²) in [4.78, 5) is 13.2. The SMILES string of the molecule is CCc1cccc(CC)c1NC(=S)N1CCn2cccc2C1c1cccc([N+](=O)[O-])c1. The van der Waals surface area contributed by atoms with Crippen LogP contribution in [0.1, 0.15) is 42.3 Å². The van der Waals surface area contributed by atoms with Gasteiger partial charge in [-0.3, -0.25) is 10.1 Å². The number of fused-ring (bicyclic) bond motifs is 1. The Morgan fingerprint density at radius 1 is 1.10 bits per heavy atom. The summed E-state index contributed by atoms with van der Waals surface area (Å²) >= 11 is 5.91. The molecule has 0 aliphatic carbocycles. The number of nitro groups is 1. The predicted molar refractivity (Wildman–Crippen MR) is 127 cm³/mol. The topological polar surface area (TPSA) is 63.3 Å². The van der Waals surface area contributed by atoms with Crippen LogP contribution in [0.15, 0.2) is 60.8 Å². The molecule has 1 aromatic heterocycles. The number of thiocarbonyl (C=S) groups is 1. The van der Waals surface area contributed by atoms with Gasteiger partial charge in [0.15, 0.2) is 5.11 Å². The van der Waals surface area contributed by atoms with Gasteiger partial charge in [-0.1, -0.05) is 44.2 Å². The number of hydrogen-bond acceptors (Lipinski definition) is 3. The van der Waals surface area contributed by atoms with Gasteiger partial charge in [-0.2, -0.15) is 0 Å². The molecule has 0 radical (unpaired) electrons. The van der Waals surface area contributed by atoms with Crippen LogP contribution < -0.4 is 5.32 Å². The van der Waals surface area contributed by atoms with E-state index in [0.717, 1.165) is 42.9 Å². The van der Waals surface area contributed by atoms with Crippen LogP contribution in [0.4, 0.5) is 11.4 Å². The molecule has 160 valence electrons. The molecular formula is C24H26N4O2S. The van der Waals surface area contributed by atoms with Crippen molar-refractivity contribution < 1.29 is 4.92 Å². The maximum atomic E-state index is 11.4. The predicted octanol–water partition coefficient (Wildman–Crippen LogP) is 5.32. The molecule has 0 fully saturated rings. The second-order valence-corrected chi connectivity index (χ2v) is 8.05. The Labute approximate surface area is 187 Å². The second-order valence-electron chi connectivity index (χ2n) is 7.66. The average Bonchev–Trinajstić information content (AvgIpc) is 3.27. The molecule has 3 aromatic rings. The van der Waals surface area contributed by atoms with Gasteiger partial charge >= 0.3 is 0 Å². The fraction of sp³-hybridized carbons (Fsp3) is 0.292. The largest absolute Gasteiger partial charge is 0.348 e. The van der Waals surface area contributed by atoms with Gasteiger partial charge in [0.05, 0.1) is 11.0 Å². The normalized spacial score (nSPS) is 15.4. The van der Waals surface area contributed by atoms with Crippen molar-refractivity contribution in [2.75, 3.05) is 11.9 Å². The molecule has 0 saturated carbocycles. The van der Waals surface area contributed by atoms with Crippen LogP contribution in [-0.2, 0) is 19.4 Å². The molecule has 1 N–H and O–H groups in total. The summed E-state index contributed by atoms with van der Waals surface area (Å²) in [5, 5.41) is 15.5. The zero-order chi connectivity index (χ0) is 22.0. The number of para-hydroxylation sites is 1. The number of benzene rings is 2. The summed E-state index contributed by atoms with van der Waals surface area (Å²) < 4.78 is 2.19. The van der Waals surface area contributed by atoms with Gasteiger partial charge in [-0.25, -0.2) is 0 Å². The van der Waals surface area contributed by atoms with Gasteiger partial charge in [-0.15, -0.1) is 0 Å². The van der Waals surface area contributed by atoms with Crippen molar-refractivity contribution in [3.05, 3.63) is 93.3 Å². The lowest BCUT2D eigenvalue weighted by molar-refractivity contribution is -0.384. The van der Waals surface area contributed by atoms with Crippen molar-refractivity contribution >= 4 is 28.7 Å². The summed E-state index contributed by atoms with van der Waals surface area (Å²) in [5.74, 6) is 0. The van der Waals surface area contributed by atoms with E-state index in [1.54, 1.807) is 12.1 Å². The van der Waals surface area contributed by atoms with Crippen molar-refractivity contribution in [3.63, 3.8) is 0 Å². The van der Waals surface area contributed by atoms with Gasteiger partial charge in [-0.05, 0) is 53.9 Å². The number of aryl methyl sites for hydroxylation is 2. The quantitative estimate of drug-likeness (QED) is 0.334. The number of anilines is 1. The highest BCUT2D eigenvalue weighted by Crippen LogP contribution is 2.35. The summed E-state index contributed by atoms with van der Waals surface area (Å²) in [6, 6.07) is 17.1. The number of hydrogen-bond donors (Lipinski definition) is 1. The van der Waals surface area contributed by atoms with Crippen molar-refractivity contribution in [1.29, 1.82) is 0 Å². The lowest BCUT2D eigenvalue weighted by Gasteiger charge is -2.39. The molecular weight excluding hydrogens is 408 g/mol. The third kappa shape index (κ3) is 4.05. The molecule has 0 saturated heterocycles. The van der Waals surface area contributed by atoms with Crippen LogP contribution in [0.3, 0.4) is 0 Å². The zero-order valence-electron chi connectivity index (χ0n) is 17.7. The molecule has 7 heteroatoms. The fourth-order valence-corrected chi connectivity index (χ4v) is 4.64. The number of nitro benzene ring substituents is 1. The fourth-order valence-electron chi connectivity index (χ4n) is 4.34. The van der Waals surface area contributed by atoms with Crippen molar-refractivity contribution in [1.82, 2.24) is 9.47 Å². The Hall–Kier alpha value is -3.19. The highest BCUT2D eigenvalue weighted by Gasteiger charge is 2.31. The molecule has 0 spiro atoms. The van der Waals surface area contributed by atoms with E-state index in [2.05, 4.69) is 59.1 Å². The van der Waals surface area contributed by atoms with Gasteiger partial charge in [0.1, 0.15) is 0 Å². The molecule has 0 amide bonds. The average molecular weight is 435 g/mol. The van der Waals surface area contributed by atoms with E-state index >= 15 is 0 Å². The highest BCUT2D eigenvalue weighted by atomic mass is 32.1. The number of aromatic nitrogens is 1. The van der Waals surface area contributed by atoms with E-state index in [1.165, 1.54) is 17.2 Å². The minimum atomic E-state index is -0.350. The monoisotopic (exact) mass is 434 g/mol. The van der Waals surface area contributed by atoms with E-state index < -0.39 is 0 Å². The first-order valence-electron chi connectivity index (χ1n) is 10.6. The number of nitrogens with one attached hydrogen (secondary N) is 1. The van der Waals surface area contributed by atoms with Gasteiger partial charge < -0.3 is 14.8 Å². The number of rotatable bonds is 5. The zero-order valence-corrected chi connectivity index (χ0v) is 18.6. The smallest absolute Gasteiger partial charge is 0.269 e. The summed E-state index contributed by atoms with van der Waals surface area (Å²) in [5.41, 5.74) is 5.57. The molecule has 1 unspecified atom stereocenters. The van der Waals surface area contributed by atoms with E-state index in [4.69, 9.17) is 12.2 Å². The van der Waals surface area contributed by atoms with Crippen LogP contribution in [0.5, 0.6) is 0 Å². The van der Waals surface area contributed by atoms with E-state index in [0.29, 0.717) is 5.11 Å². The summed E-state index contributed by atoms with van der Waals surface area (Å²) in [6.07, 6.45) is 3.88. The van der Waals surface area contributed by atoms with Gasteiger partial charge in [0, 0.05) is 42.8 Å². The van der Waals surface area contributed by atoms with Crippen LogP contribution in [-0.4, -0.2) is 26.0 Å². The first kappa shape index (κ1) is 21.1. The van der Waals surface area contributed by atoms with Crippen molar-refractivity contribution in [3.8, 4) is 0 Å². The van der Waals surface area contributed by atoms with Gasteiger partial charge in [0.25, 0.3) is 5.69 Å². The summed E-state index contributed by atoms with van der Waals surface area (Å²) in [6.45, 7) is 5.81. The Morgan fingerprint density at radius 3 is 2.48 bits per heavy atom. The number of non-ortho nitro benzene ring substituents is 1. The van der Waals surface area contributed by atoms with E-state index in [1.807, 2.05) is 12.1 Å². The van der Waals surface area contributed by atoms with Crippen LogP contribution in [0, 0.1) is 10.1 Å². The first-order valence-corrected chi connectivity index (χ1v) is 11.0. The van der Waals surface area contributed by atoms with Crippen molar-refractivity contribution in [2.45, 2.75) is 39.3 Å². The third-order valence-corrected chi connectivity index (χ3v) is 6.26. The Kier molecular flexibility index (Phi) is 6.04. The van der Waals surface area contributed by atoms with E-state index in [9.17, 15) is 10.1 Å². The first-order chi connectivity index (χ1) is 15.0. The third-order valence-electron chi connectivity index (χ3n) is 5.93. The number of nitrogens with zero attached hydrogens (tertiary/aromatic N) is 3. The maximum Gasteiger partial charge on any atom is 0.269 e. The Bertz CT molecular complexity index is 1100. The summed E-state index contributed by atoms with van der Waals surface area (Å²) in [7, 11) is 0. The van der Waals surface area contributed by atoms with Crippen LogP contribution >= 0.6 is 12.2 Å². The van der Waals surface area contributed by atoms with Crippen LogP contribution in [0.2, 0.25) is 0 Å². The lowest BCUT2D eigenvalue weighted by atomic mass is 9.99. The van der Waals surface area contributed by atoms with E-state index in [-0.39, 0.29) is 16.7 Å². The van der Waals surface area contributed by atoms with Gasteiger partial charge in [0.2, 0.25) is 0 Å². The molecule has 31 heavy (non-hydrogen) atoms. The van der Waals surface area contributed by atoms with Crippen molar-refractivity contribution in [2.24, 2.45) is 0 Å². The minimum absolute atomic E-state index is 0.0876. The highest BCUT2D eigenvalue weighted by molar-refractivity contribution is 7.80. The minimum Gasteiger partial charge on any atom is -0.348 e. The second kappa shape index (κ2) is 8.89. The molecule has 2 aromatic carbocycles. The molecule has 1 atom stereocenters. The molecule has 6 nitrogen and oxygen atoms in total. The molecule has 2 heterocycles. The molecule has 1 aliphatic rings. The maximum absolute atomic E-state index is 11.4. The molecule has 1 aliphatic heterocycles. The van der Waals surface area contributed by atoms with Crippen LogP contribution in [0.25, 0.3) is 0 Å². The Balaban J connectivity index is 1.73. The Morgan fingerprint density at radius 2 is 1.81 bits per heavy atom. The standard InChI is InChI=1S/C24H26N4O2S/c1-3-17-8-5-9-18(4-2)22(17)25-24(31)27-15-14-26-13-7-12-21(26)23(27)19-10-6-11-20(16-19)28(29)30/h5-13,16,23H,3-4,14-15H2,1-2H3,(H,25,31). The molecule has 4 rings (SSSR count). The lowest BCUT2D eigenvalue weighted by Crippen LogP contribution is -2.44.